The predicted molar refractivity (Wildman–Crippen MR) is 87.0 cm³/mol. The van der Waals surface area contributed by atoms with Crippen LogP contribution in [0.1, 0.15) is 37.2 Å². The average Bonchev–Trinajstić information content (AvgIpc) is 3.20. The third-order valence-corrected chi connectivity index (χ3v) is 3.87. The van der Waals surface area contributed by atoms with Crippen LogP contribution in [0.2, 0.25) is 0 Å². The van der Waals surface area contributed by atoms with Crippen molar-refractivity contribution in [3.05, 3.63) is 53.9 Å². The van der Waals surface area contributed by atoms with Gasteiger partial charge in [0.15, 0.2) is 0 Å². The van der Waals surface area contributed by atoms with Crippen LogP contribution in [-0.4, -0.2) is 29.8 Å². The van der Waals surface area contributed by atoms with E-state index in [2.05, 4.69) is 44.2 Å². The topological polar surface area (TPSA) is 73.5 Å². The first-order chi connectivity index (χ1) is 11.2. The lowest BCUT2D eigenvalue weighted by Crippen LogP contribution is -2.21. The number of hydrogen-bond donors (Lipinski definition) is 1. The van der Waals surface area contributed by atoms with E-state index in [9.17, 15) is 0 Å². The molecule has 2 aromatic heterocycles. The maximum atomic E-state index is 4.26. The fourth-order valence-corrected chi connectivity index (χ4v) is 2.50. The van der Waals surface area contributed by atoms with Gasteiger partial charge in [-0.2, -0.15) is 0 Å². The van der Waals surface area contributed by atoms with Gasteiger partial charge in [-0.25, -0.2) is 4.68 Å². The molecule has 7 heteroatoms. The summed E-state index contributed by atoms with van der Waals surface area (Å²) in [6.45, 7) is 7.64. The normalized spacial score (nSPS) is 12.5. The molecule has 1 aromatic carbocycles. The van der Waals surface area contributed by atoms with Crippen LogP contribution in [-0.2, 0) is 13.1 Å². The average molecular weight is 311 g/mol. The van der Waals surface area contributed by atoms with Crippen molar-refractivity contribution < 1.29 is 0 Å². The van der Waals surface area contributed by atoms with Gasteiger partial charge in [-0.15, -0.1) is 15.3 Å². The molecule has 120 valence electrons. The van der Waals surface area contributed by atoms with Crippen molar-refractivity contribution in [2.24, 2.45) is 0 Å². The first-order valence-electron chi connectivity index (χ1n) is 7.78. The number of para-hydroxylation sites is 1. The first kappa shape index (κ1) is 15.4. The molecule has 0 aliphatic rings. The fourth-order valence-electron chi connectivity index (χ4n) is 2.50. The summed E-state index contributed by atoms with van der Waals surface area (Å²) in [6, 6.07) is 10.0. The number of nitrogens with zero attached hydrogens (tertiary/aromatic N) is 6. The highest BCUT2D eigenvalue weighted by atomic mass is 15.4. The molecule has 0 spiro atoms. The number of aromatic nitrogens is 6. The van der Waals surface area contributed by atoms with Gasteiger partial charge in [0.25, 0.3) is 0 Å². The van der Waals surface area contributed by atoms with Gasteiger partial charge < -0.3 is 9.88 Å². The van der Waals surface area contributed by atoms with Gasteiger partial charge in [-0.05, 0) is 32.9 Å². The molecule has 0 amide bonds. The molecule has 1 N–H and O–H groups in total. The van der Waals surface area contributed by atoms with Gasteiger partial charge in [0.2, 0.25) is 0 Å². The molecule has 3 rings (SSSR count). The summed E-state index contributed by atoms with van der Waals surface area (Å²) in [5.41, 5.74) is 1.90. The van der Waals surface area contributed by atoms with Crippen molar-refractivity contribution in [1.29, 1.82) is 0 Å². The lowest BCUT2D eigenvalue weighted by molar-refractivity contribution is 0.527. The number of hydrogen-bond acceptors (Lipinski definition) is 5. The van der Waals surface area contributed by atoms with Crippen molar-refractivity contribution in [2.75, 3.05) is 0 Å². The van der Waals surface area contributed by atoms with E-state index in [1.54, 1.807) is 4.68 Å². The van der Waals surface area contributed by atoms with Gasteiger partial charge in [0.1, 0.15) is 11.6 Å². The Labute approximate surface area is 135 Å². The fraction of sp³-hybridized carbons (Fsp3) is 0.375. The van der Waals surface area contributed by atoms with Crippen LogP contribution < -0.4 is 5.32 Å². The Balaban J connectivity index is 1.67. The van der Waals surface area contributed by atoms with Gasteiger partial charge in [-0.1, -0.05) is 23.4 Å². The third kappa shape index (κ3) is 3.29. The Morgan fingerprint density at radius 1 is 1.13 bits per heavy atom. The maximum absolute atomic E-state index is 4.26. The van der Waals surface area contributed by atoms with Crippen LogP contribution in [0.3, 0.4) is 0 Å². The van der Waals surface area contributed by atoms with E-state index in [0.29, 0.717) is 6.54 Å². The minimum absolute atomic E-state index is 0.0785. The monoisotopic (exact) mass is 311 g/mol. The molecule has 0 fully saturated rings. The summed E-state index contributed by atoms with van der Waals surface area (Å²) in [5, 5.41) is 20.2. The van der Waals surface area contributed by atoms with E-state index in [-0.39, 0.29) is 6.04 Å². The van der Waals surface area contributed by atoms with Crippen LogP contribution in [0, 0.1) is 6.92 Å². The lowest BCUT2D eigenvalue weighted by atomic mass is 10.2. The second kappa shape index (κ2) is 6.70. The highest BCUT2D eigenvalue weighted by Crippen LogP contribution is 2.12. The Kier molecular flexibility index (Phi) is 4.47. The molecule has 0 aliphatic heterocycles. The van der Waals surface area contributed by atoms with Gasteiger partial charge in [-0.3, -0.25) is 0 Å². The lowest BCUT2D eigenvalue weighted by Gasteiger charge is -2.11. The smallest absolute Gasteiger partial charge is 0.147 e. The minimum Gasteiger partial charge on any atom is -0.314 e. The Hall–Kier alpha value is -2.54. The first-order valence-corrected chi connectivity index (χ1v) is 7.78. The van der Waals surface area contributed by atoms with Crippen molar-refractivity contribution in [3.8, 4) is 5.69 Å². The van der Waals surface area contributed by atoms with Crippen molar-refractivity contribution in [2.45, 2.75) is 39.9 Å². The summed E-state index contributed by atoms with van der Waals surface area (Å²) in [5.74, 6) is 1.87. The summed E-state index contributed by atoms with van der Waals surface area (Å²) >= 11 is 0. The van der Waals surface area contributed by atoms with Crippen molar-refractivity contribution in [3.63, 3.8) is 0 Å². The third-order valence-electron chi connectivity index (χ3n) is 3.87. The van der Waals surface area contributed by atoms with Crippen LogP contribution in [0.4, 0.5) is 0 Å². The molecule has 0 saturated carbocycles. The molecule has 0 saturated heterocycles. The highest BCUT2D eigenvalue weighted by molar-refractivity contribution is 5.30. The zero-order chi connectivity index (χ0) is 16.2. The molecule has 2 heterocycles. The van der Waals surface area contributed by atoms with Crippen molar-refractivity contribution in [1.82, 2.24) is 35.1 Å². The van der Waals surface area contributed by atoms with Gasteiger partial charge >= 0.3 is 0 Å². The van der Waals surface area contributed by atoms with E-state index in [4.69, 9.17) is 0 Å². The maximum Gasteiger partial charge on any atom is 0.147 e. The van der Waals surface area contributed by atoms with E-state index in [1.165, 1.54) is 0 Å². The molecule has 0 aliphatic carbocycles. The van der Waals surface area contributed by atoms with Crippen molar-refractivity contribution >= 4 is 0 Å². The molecule has 0 unspecified atom stereocenters. The van der Waals surface area contributed by atoms with Crippen LogP contribution in [0.5, 0.6) is 0 Å². The molecule has 3 aromatic rings. The Morgan fingerprint density at radius 3 is 2.65 bits per heavy atom. The van der Waals surface area contributed by atoms with Gasteiger partial charge in [0, 0.05) is 6.54 Å². The zero-order valence-electron chi connectivity index (χ0n) is 13.6. The Bertz CT molecular complexity index is 760. The minimum atomic E-state index is 0.0785. The van der Waals surface area contributed by atoms with E-state index in [1.807, 2.05) is 43.5 Å². The Morgan fingerprint density at radius 2 is 1.91 bits per heavy atom. The van der Waals surface area contributed by atoms with Gasteiger partial charge in [0.05, 0.1) is 30.2 Å². The standard InChI is InChI=1S/C16H21N7/c1-4-22-13(3)18-20-16(22)10-17-12(2)15-11-23(21-19-15)14-8-6-5-7-9-14/h5-9,11-12,17H,4,10H2,1-3H3/t12-/m0/s1. The number of benzene rings is 1. The molecule has 0 radical (unpaired) electrons. The summed E-state index contributed by atoms with van der Waals surface area (Å²) < 4.78 is 3.88. The van der Waals surface area contributed by atoms with Crippen LogP contribution in [0.25, 0.3) is 5.69 Å². The quantitative estimate of drug-likeness (QED) is 0.754. The van der Waals surface area contributed by atoms with E-state index >= 15 is 0 Å². The summed E-state index contributed by atoms with van der Waals surface area (Å²) in [7, 11) is 0. The molecule has 23 heavy (non-hydrogen) atoms. The number of rotatable bonds is 6. The van der Waals surface area contributed by atoms with E-state index < -0.39 is 0 Å². The number of nitrogens with one attached hydrogen (secondary N) is 1. The predicted octanol–water partition coefficient (Wildman–Crippen LogP) is 2.04. The van der Waals surface area contributed by atoms with Crippen LogP contribution in [0.15, 0.2) is 36.5 Å². The second-order valence-corrected chi connectivity index (χ2v) is 5.43. The number of aryl methyl sites for hydroxylation is 1. The summed E-state index contributed by atoms with van der Waals surface area (Å²) in [6.07, 6.45) is 1.95. The second-order valence-electron chi connectivity index (χ2n) is 5.43. The zero-order valence-corrected chi connectivity index (χ0v) is 13.6. The van der Waals surface area contributed by atoms with E-state index in [0.717, 1.165) is 29.6 Å². The molecule has 7 nitrogen and oxygen atoms in total. The molecular formula is C16H21N7. The van der Waals surface area contributed by atoms with Crippen LogP contribution >= 0.6 is 0 Å². The molecule has 0 bridgehead atoms. The molecule has 1 atom stereocenters. The SMILES string of the molecule is CCn1c(C)nnc1CN[C@@H](C)c1cn(-c2ccccc2)nn1. The largest absolute Gasteiger partial charge is 0.314 e. The molecular weight excluding hydrogens is 290 g/mol. The summed E-state index contributed by atoms with van der Waals surface area (Å²) in [4.78, 5) is 0. The highest BCUT2D eigenvalue weighted by Gasteiger charge is 2.13.